The first-order valence-corrected chi connectivity index (χ1v) is 8.03. The van der Waals surface area contributed by atoms with Crippen molar-refractivity contribution in [1.29, 1.82) is 0 Å². The number of furan rings is 1. The van der Waals surface area contributed by atoms with Crippen LogP contribution in [0.25, 0.3) is 10.6 Å². The summed E-state index contributed by atoms with van der Waals surface area (Å²) in [5, 5.41) is 13.2. The lowest BCUT2D eigenvalue weighted by atomic mass is 10.3. The van der Waals surface area contributed by atoms with Gasteiger partial charge in [0, 0.05) is 24.3 Å². The largest absolute Gasteiger partial charge is 0.624 e. The van der Waals surface area contributed by atoms with E-state index in [2.05, 4.69) is 4.74 Å². The first-order chi connectivity index (χ1) is 10.9. The molecule has 0 amide bonds. The van der Waals surface area contributed by atoms with Crippen LogP contribution < -0.4 is 4.74 Å². The number of thiophene rings is 1. The van der Waals surface area contributed by atoms with E-state index in [4.69, 9.17) is 4.42 Å². The molecule has 0 aliphatic heterocycles. The Balaban J connectivity index is 1.73. The minimum absolute atomic E-state index is 0.0166. The van der Waals surface area contributed by atoms with Crippen molar-refractivity contribution in [2.24, 2.45) is 0 Å². The molecular formula is C15H14F3NO3S. The number of alkyl halides is 3. The van der Waals surface area contributed by atoms with Gasteiger partial charge in [0.15, 0.2) is 11.8 Å². The van der Waals surface area contributed by atoms with Gasteiger partial charge in [-0.25, -0.2) is 4.74 Å². The van der Waals surface area contributed by atoms with Crippen LogP contribution in [0.3, 0.4) is 0 Å². The molecule has 1 aliphatic carbocycles. The highest BCUT2D eigenvalue weighted by atomic mass is 32.1. The summed E-state index contributed by atoms with van der Waals surface area (Å²) < 4.78 is 46.8. The fourth-order valence-electron chi connectivity index (χ4n) is 2.58. The summed E-state index contributed by atoms with van der Waals surface area (Å²) in [5.41, 5.74) is 0. The van der Waals surface area contributed by atoms with E-state index in [1.165, 1.54) is 17.7 Å². The quantitative estimate of drug-likeness (QED) is 0.347. The maximum atomic E-state index is 12.2. The Bertz CT molecular complexity index is 699. The number of halogens is 3. The predicted octanol–water partition coefficient (Wildman–Crippen LogP) is 4.78. The lowest BCUT2D eigenvalue weighted by molar-refractivity contribution is -0.494. The molecule has 2 heterocycles. The van der Waals surface area contributed by atoms with Gasteiger partial charge in [-0.1, -0.05) is 0 Å². The van der Waals surface area contributed by atoms with Crippen LogP contribution in [-0.2, 0) is 0 Å². The van der Waals surface area contributed by atoms with Gasteiger partial charge in [0.1, 0.15) is 11.5 Å². The van der Waals surface area contributed by atoms with Crippen LogP contribution in [0, 0.1) is 5.21 Å². The summed E-state index contributed by atoms with van der Waals surface area (Å²) in [6.07, 6.45) is 0.522. The summed E-state index contributed by atoms with van der Waals surface area (Å²) >= 11 is 1.08. The third kappa shape index (κ3) is 4.07. The maximum Gasteiger partial charge on any atom is 0.573 e. The zero-order chi connectivity index (χ0) is 16.4. The molecule has 2 aromatic rings. The topological polar surface area (TPSA) is 48.4 Å². The zero-order valence-corrected chi connectivity index (χ0v) is 12.8. The number of hydrogen-bond acceptors (Lipinski definition) is 4. The van der Waals surface area contributed by atoms with Crippen LogP contribution in [0.4, 0.5) is 13.2 Å². The maximum absolute atomic E-state index is 12.2. The highest BCUT2D eigenvalue weighted by Gasteiger charge is 2.31. The molecule has 1 aliphatic rings. The van der Waals surface area contributed by atoms with Crippen LogP contribution >= 0.6 is 11.3 Å². The van der Waals surface area contributed by atoms with Crippen molar-refractivity contribution in [3.05, 3.63) is 34.5 Å². The molecule has 2 aromatic heterocycles. The summed E-state index contributed by atoms with van der Waals surface area (Å²) in [6, 6.07) is 4.49. The molecule has 0 bridgehead atoms. The van der Waals surface area contributed by atoms with Gasteiger partial charge in [-0.15, -0.1) is 24.5 Å². The van der Waals surface area contributed by atoms with Gasteiger partial charge >= 0.3 is 6.36 Å². The normalized spacial score (nSPS) is 16.9. The SMILES string of the molecule is [O-][N+](=Cc1ccc(-c2cc(OC(F)(F)F)cs2)o1)C1CCCC1. The fourth-order valence-corrected chi connectivity index (χ4v) is 3.35. The van der Waals surface area contributed by atoms with Crippen molar-refractivity contribution >= 4 is 17.6 Å². The van der Waals surface area contributed by atoms with Crippen molar-refractivity contribution in [2.45, 2.75) is 38.1 Å². The van der Waals surface area contributed by atoms with E-state index in [1.54, 1.807) is 12.1 Å². The minimum Gasteiger partial charge on any atom is -0.624 e. The highest BCUT2D eigenvalue weighted by molar-refractivity contribution is 7.13. The number of hydrogen-bond donors (Lipinski definition) is 0. The van der Waals surface area contributed by atoms with E-state index >= 15 is 0 Å². The van der Waals surface area contributed by atoms with Crippen LogP contribution in [0.1, 0.15) is 31.4 Å². The van der Waals surface area contributed by atoms with Gasteiger partial charge in [-0.2, -0.15) is 0 Å². The lowest BCUT2D eigenvalue weighted by Gasteiger charge is -2.09. The van der Waals surface area contributed by atoms with Crippen molar-refractivity contribution in [1.82, 2.24) is 0 Å². The molecule has 0 radical (unpaired) electrons. The fraction of sp³-hybridized carbons (Fsp3) is 0.400. The Labute approximate surface area is 134 Å². The second-order valence-corrected chi connectivity index (χ2v) is 6.23. The van der Waals surface area contributed by atoms with Gasteiger partial charge in [-0.3, -0.25) is 0 Å². The average Bonchev–Trinajstić information content (AvgIpc) is 3.17. The molecule has 0 saturated heterocycles. The molecular weight excluding hydrogens is 331 g/mol. The van der Waals surface area contributed by atoms with Crippen LogP contribution in [0.5, 0.6) is 5.75 Å². The van der Waals surface area contributed by atoms with Crippen LogP contribution in [-0.4, -0.2) is 23.4 Å². The summed E-state index contributed by atoms with van der Waals surface area (Å²) in [5.74, 6) is 0.502. The number of hydroxylamine groups is 1. The standard InChI is InChI=1S/C15H14F3NO3S/c16-15(17,18)22-12-7-14(23-9-12)13-6-5-11(21-13)8-19(20)10-3-1-2-4-10/h5-10H,1-4H2. The Hall–Kier alpha value is -1.96. The van der Waals surface area contributed by atoms with Crippen LogP contribution in [0.2, 0.25) is 0 Å². The Morgan fingerprint density at radius 1 is 1.30 bits per heavy atom. The van der Waals surface area contributed by atoms with E-state index in [-0.39, 0.29) is 11.8 Å². The molecule has 124 valence electrons. The molecule has 23 heavy (non-hydrogen) atoms. The Morgan fingerprint density at radius 3 is 2.74 bits per heavy atom. The average molecular weight is 345 g/mol. The summed E-state index contributed by atoms with van der Waals surface area (Å²) in [7, 11) is 0. The smallest absolute Gasteiger partial charge is 0.573 e. The highest BCUT2D eigenvalue weighted by Crippen LogP contribution is 2.34. The van der Waals surface area contributed by atoms with Crippen molar-refractivity contribution < 1.29 is 27.1 Å². The number of nitrogens with zero attached hydrogens (tertiary/aromatic N) is 1. The predicted molar refractivity (Wildman–Crippen MR) is 79.8 cm³/mol. The molecule has 1 saturated carbocycles. The third-order valence-corrected chi connectivity index (χ3v) is 4.54. The molecule has 8 heteroatoms. The number of rotatable bonds is 4. The lowest BCUT2D eigenvalue weighted by Crippen LogP contribution is -2.18. The van der Waals surface area contributed by atoms with E-state index in [1.807, 2.05) is 0 Å². The molecule has 1 fully saturated rings. The molecule has 0 atom stereocenters. The Kier molecular flexibility index (Phi) is 4.34. The zero-order valence-electron chi connectivity index (χ0n) is 12.0. The molecule has 3 rings (SSSR count). The van der Waals surface area contributed by atoms with Crippen molar-refractivity contribution in [3.8, 4) is 16.4 Å². The van der Waals surface area contributed by atoms with E-state index in [9.17, 15) is 18.4 Å². The first kappa shape index (κ1) is 15.9. The first-order valence-electron chi connectivity index (χ1n) is 7.15. The summed E-state index contributed by atoms with van der Waals surface area (Å²) in [4.78, 5) is 0.502. The van der Waals surface area contributed by atoms with E-state index in [0.717, 1.165) is 41.8 Å². The monoisotopic (exact) mass is 345 g/mol. The van der Waals surface area contributed by atoms with Gasteiger partial charge in [0.25, 0.3) is 0 Å². The third-order valence-electron chi connectivity index (χ3n) is 3.62. The van der Waals surface area contributed by atoms with Gasteiger partial charge < -0.3 is 14.4 Å². The van der Waals surface area contributed by atoms with E-state index < -0.39 is 6.36 Å². The Morgan fingerprint density at radius 2 is 2.04 bits per heavy atom. The van der Waals surface area contributed by atoms with Crippen molar-refractivity contribution in [3.63, 3.8) is 0 Å². The second-order valence-electron chi connectivity index (χ2n) is 5.32. The molecule has 4 nitrogen and oxygen atoms in total. The second kappa shape index (κ2) is 6.27. The van der Waals surface area contributed by atoms with Gasteiger partial charge in [0.2, 0.25) is 6.21 Å². The molecule has 0 N–H and O–H groups in total. The number of ether oxygens (including phenoxy) is 1. The van der Waals surface area contributed by atoms with Gasteiger partial charge in [0.05, 0.1) is 4.88 Å². The molecule has 0 unspecified atom stereocenters. The summed E-state index contributed by atoms with van der Waals surface area (Å²) in [6.45, 7) is 0. The van der Waals surface area contributed by atoms with E-state index in [0.29, 0.717) is 16.4 Å². The molecule has 0 aromatic carbocycles. The van der Waals surface area contributed by atoms with Gasteiger partial charge in [-0.05, 0) is 25.0 Å². The van der Waals surface area contributed by atoms with Crippen LogP contribution in [0.15, 0.2) is 28.0 Å². The minimum atomic E-state index is -4.72. The van der Waals surface area contributed by atoms with Crippen molar-refractivity contribution in [2.75, 3.05) is 0 Å². The molecule has 0 spiro atoms.